The van der Waals surface area contributed by atoms with Crippen LogP contribution < -0.4 is 0 Å². The van der Waals surface area contributed by atoms with Gasteiger partial charge in [0.2, 0.25) is 0 Å². The maximum atomic E-state index is 10.1. The van der Waals surface area contributed by atoms with Crippen molar-refractivity contribution in [2.75, 3.05) is 5.75 Å². The van der Waals surface area contributed by atoms with E-state index in [1.54, 1.807) is 0 Å². The Morgan fingerprint density at radius 3 is 2.40 bits per heavy atom. The van der Waals surface area contributed by atoms with Crippen LogP contribution in [0.25, 0.3) is 0 Å². The lowest BCUT2D eigenvalue weighted by Crippen LogP contribution is -2.31. The summed E-state index contributed by atoms with van der Waals surface area (Å²) in [6.07, 6.45) is 3.68. The minimum absolute atomic E-state index is 0.0765. The fourth-order valence-electron chi connectivity index (χ4n) is 2.37. The Morgan fingerprint density at radius 2 is 1.87 bits per heavy atom. The van der Waals surface area contributed by atoms with Gasteiger partial charge in [0.05, 0.1) is 6.10 Å². The molecule has 1 rings (SSSR count). The van der Waals surface area contributed by atoms with E-state index in [-0.39, 0.29) is 6.10 Å². The molecule has 0 aromatic carbocycles. The molecular formula is C13H26OS. The minimum Gasteiger partial charge on any atom is -0.392 e. The van der Waals surface area contributed by atoms with Gasteiger partial charge in [-0.25, -0.2) is 0 Å². The molecule has 1 aliphatic carbocycles. The van der Waals surface area contributed by atoms with Gasteiger partial charge in [-0.05, 0) is 35.8 Å². The summed E-state index contributed by atoms with van der Waals surface area (Å²) in [6.45, 7) is 9.07. The summed E-state index contributed by atoms with van der Waals surface area (Å²) in [5.74, 6) is 3.12. The Morgan fingerprint density at radius 1 is 1.20 bits per heavy atom. The molecule has 0 aliphatic heterocycles. The third-order valence-corrected chi connectivity index (χ3v) is 4.98. The van der Waals surface area contributed by atoms with Crippen molar-refractivity contribution in [2.45, 2.75) is 58.3 Å². The smallest absolute Gasteiger partial charge is 0.0658 e. The number of aliphatic hydroxyl groups is 1. The molecule has 4 unspecified atom stereocenters. The molecule has 1 fully saturated rings. The van der Waals surface area contributed by atoms with Crippen LogP contribution in [0.15, 0.2) is 0 Å². The van der Waals surface area contributed by atoms with Crippen LogP contribution in [-0.2, 0) is 0 Å². The molecule has 0 bridgehead atoms. The number of thioether (sulfide) groups is 1. The summed E-state index contributed by atoms with van der Waals surface area (Å²) in [6, 6.07) is 0. The second-order valence-corrected chi connectivity index (χ2v) is 7.09. The lowest BCUT2D eigenvalue weighted by molar-refractivity contribution is 0.0729. The first kappa shape index (κ1) is 13.4. The topological polar surface area (TPSA) is 20.2 Å². The quantitative estimate of drug-likeness (QED) is 0.797. The van der Waals surface area contributed by atoms with Crippen LogP contribution in [0.3, 0.4) is 0 Å². The Balaban J connectivity index is 2.30. The zero-order valence-corrected chi connectivity index (χ0v) is 11.4. The molecule has 15 heavy (non-hydrogen) atoms. The largest absolute Gasteiger partial charge is 0.392 e. The Bertz CT molecular complexity index is 181. The van der Waals surface area contributed by atoms with E-state index in [0.717, 1.165) is 17.6 Å². The van der Waals surface area contributed by atoms with Crippen LogP contribution in [0.4, 0.5) is 0 Å². The second-order valence-electron chi connectivity index (χ2n) is 5.48. The van der Waals surface area contributed by atoms with Crippen molar-refractivity contribution in [3.05, 3.63) is 0 Å². The van der Waals surface area contributed by atoms with Gasteiger partial charge in [-0.2, -0.15) is 11.8 Å². The summed E-state index contributed by atoms with van der Waals surface area (Å²) in [5, 5.41) is 10.7. The molecule has 0 aromatic rings. The van der Waals surface area contributed by atoms with Crippen molar-refractivity contribution in [3.8, 4) is 0 Å². The van der Waals surface area contributed by atoms with Gasteiger partial charge in [-0.3, -0.25) is 0 Å². The molecule has 1 N–H and O–H groups in total. The highest BCUT2D eigenvalue weighted by Gasteiger charge is 2.29. The van der Waals surface area contributed by atoms with Crippen LogP contribution in [0, 0.1) is 17.8 Å². The zero-order chi connectivity index (χ0) is 11.4. The Kier molecular flexibility index (Phi) is 5.48. The number of hydrogen-bond donors (Lipinski definition) is 1. The molecule has 1 aliphatic rings. The molecule has 2 heteroatoms. The maximum Gasteiger partial charge on any atom is 0.0658 e. The van der Waals surface area contributed by atoms with E-state index in [0.29, 0.717) is 11.2 Å². The fourth-order valence-corrected chi connectivity index (χ4v) is 3.22. The van der Waals surface area contributed by atoms with Crippen molar-refractivity contribution < 1.29 is 5.11 Å². The average molecular weight is 230 g/mol. The maximum absolute atomic E-state index is 10.1. The minimum atomic E-state index is -0.0765. The number of hydrogen-bond acceptors (Lipinski definition) is 2. The molecule has 0 spiro atoms. The molecule has 90 valence electrons. The summed E-state index contributed by atoms with van der Waals surface area (Å²) < 4.78 is 0. The molecule has 0 radical (unpaired) electrons. The van der Waals surface area contributed by atoms with E-state index in [9.17, 15) is 5.11 Å². The van der Waals surface area contributed by atoms with E-state index in [4.69, 9.17) is 0 Å². The van der Waals surface area contributed by atoms with Gasteiger partial charge in [0, 0.05) is 5.75 Å². The van der Waals surface area contributed by atoms with Crippen LogP contribution >= 0.6 is 11.8 Å². The molecule has 1 nitrogen and oxygen atoms in total. The van der Waals surface area contributed by atoms with Gasteiger partial charge >= 0.3 is 0 Å². The molecule has 0 heterocycles. The predicted octanol–water partition coefficient (Wildman–Crippen LogP) is 3.56. The molecule has 0 aromatic heterocycles. The number of aliphatic hydroxyl groups excluding tert-OH is 1. The molecule has 0 amide bonds. The van der Waals surface area contributed by atoms with Gasteiger partial charge < -0.3 is 5.11 Å². The predicted molar refractivity (Wildman–Crippen MR) is 69.3 cm³/mol. The van der Waals surface area contributed by atoms with Crippen LogP contribution in [0.2, 0.25) is 0 Å². The normalized spacial score (nSPS) is 34.4. The van der Waals surface area contributed by atoms with Crippen molar-refractivity contribution in [3.63, 3.8) is 0 Å². The molecule has 4 atom stereocenters. The Labute approximate surface area is 99.0 Å². The summed E-state index contributed by atoms with van der Waals surface area (Å²) >= 11 is 1.89. The Hall–Kier alpha value is 0.310. The van der Waals surface area contributed by atoms with Gasteiger partial charge in [0.1, 0.15) is 0 Å². The van der Waals surface area contributed by atoms with Crippen molar-refractivity contribution in [1.82, 2.24) is 0 Å². The van der Waals surface area contributed by atoms with Gasteiger partial charge in [-0.15, -0.1) is 0 Å². The highest BCUT2D eigenvalue weighted by atomic mass is 32.2. The highest BCUT2D eigenvalue weighted by Crippen LogP contribution is 2.35. The second kappa shape index (κ2) is 6.15. The lowest BCUT2D eigenvalue weighted by Gasteiger charge is -2.34. The van der Waals surface area contributed by atoms with Crippen molar-refractivity contribution in [2.24, 2.45) is 17.8 Å². The van der Waals surface area contributed by atoms with Gasteiger partial charge in [0.15, 0.2) is 0 Å². The highest BCUT2D eigenvalue weighted by molar-refractivity contribution is 7.99. The molecule has 1 saturated carbocycles. The third kappa shape index (κ3) is 4.36. The first-order valence-corrected chi connectivity index (χ1v) is 7.35. The van der Waals surface area contributed by atoms with Crippen LogP contribution in [0.5, 0.6) is 0 Å². The van der Waals surface area contributed by atoms with E-state index >= 15 is 0 Å². The summed E-state index contributed by atoms with van der Waals surface area (Å²) in [7, 11) is 0. The summed E-state index contributed by atoms with van der Waals surface area (Å²) in [4.78, 5) is 0. The molecule has 0 saturated heterocycles. The van der Waals surface area contributed by atoms with Crippen molar-refractivity contribution in [1.29, 1.82) is 0 Å². The first-order chi connectivity index (χ1) is 7.00. The third-order valence-electron chi connectivity index (χ3n) is 3.78. The zero-order valence-electron chi connectivity index (χ0n) is 10.6. The fraction of sp³-hybridized carbons (Fsp3) is 1.00. The van der Waals surface area contributed by atoms with E-state index in [2.05, 4.69) is 27.7 Å². The standard InChI is InChI=1S/C13H26OS/c1-9(2)15-8-13(14)12-6-5-10(3)11(4)7-12/h9-14H,5-8H2,1-4H3. The summed E-state index contributed by atoms with van der Waals surface area (Å²) in [5.41, 5.74) is 0. The number of rotatable bonds is 4. The first-order valence-electron chi connectivity index (χ1n) is 6.30. The SMILES string of the molecule is CC(C)SCC(O)C1CCC(C)C(C)C1. The van der Waals surface area contributed by atoms with Gasteiger partial charge in [-0.1, -0.05) is 34.1 Å². The average Bonchev–Trinajstić information content (AvgIpc) is 2.18. The van der Waals surface area contributed by atoms with E-state index in [1.807, 2.05) is 11.8 Å². The van der Waals surface area contributed by atoms with E-state index in [1.165, 1.54) is 19.3 Å². The van der Waals surface area contributed by atoms with E-state index < -0.39 is 0 Å². The van der Waals surface area contributed by atoms with Crippen LogP contribution in [-0.4, -0.2) is 22.2 Å². The molecular weight excluding hydrogens is 204 g/mol. The van der Waals surface area contributed by atoms with Gasteiger partial charge in [0.25, 0.3) is 0 Å². The van der Waals surface area contributed by atoms with Crippen molar-refractivity contribution >= 4 is 11.8 Å². The lowest BCUT2D eigenvalue weighted by atomic mass is 9.74. The van der Waals surface area contributed by atoms with Crippen LogP contribution in [0.1, 0.15) is 47.0 Å². The monoisotopic (exact) mass is 230 g/mol.